The molecule has 0 bridgehead atoms. The lowest BCUT2D eigenvalue weighted by Gasteiger charge is -2.31. The maximum Gasteiger partial charge on any atom is 0.167 e. The number of nitrogens with zero attached hydrogens (tertiary/aromatic N) is 1. The Morgan fingerprint density at radius 3 is 2.81 bits per heavy atom. The molecule has 1 saturated heterocycles. The van der Waals surface area contributed by atoms with E-state index < -0.39 is 0 Å². The van der Waals surface area contributed by atoms with Crippen LogP contribution in [0.4, 0.5) is 0 Å². The van der Waals surface area contributed by atoms with Crippen molar-refractivity contribution in [2.24, 2.45) is 5.92 Å². The molecule has 2 aromatic carbocycles. The van der Waals surface area contributed by atoms with Gasteiger partial charge in [-0.1, -0.05) is 42.5 Å². The first-order valence-electron chi connectivity index (χ1n) is 9.41. The molecule has 1 fully saturated rings. The number of hydrogen-bond acceptors (Lipinski definition) is 4. The monoisotopic (exact) mass is 365 g/mol. The number of methoxy groups -OCH3 is 2. The molecule has 4 heteroatoms. The van der Waals surface area contributed by atoms with E-state index in [1.54, 1.807) is 14.2 Å². The van der Waals surface area contributed by atoms with Crippen molar-refractivity contribution in [3.05, 3.63) is 65.7 Å². The van der Waals surface area contributed by atoms with Crippen LogP contribution in [0.1, 0.15) is 28.8 Å². The molecule has 0 saturated carbocycles. The van der Waals surface area contributed by atoms with Gasteiger partial charge in [0, 0.05) is 30.1 Å². The summed E-state index contributed by atoms with van der Waals surface area (Å²) in [5.41, 5.74) is 1.81. The Morgan fingerprint density at radius 1 is 1.15 bits per heavy atom. The molecule has 27 heavy (non-hydrogen) atoms. The van der Waals surface area contributed by atoms with E-state index in [1.165, 1.54) is 0 Å². The fraction of sp³-hybridized carbons (Fsp3) is 0.348. The minimum atomic E-state index is 0.0468. The van der Waals surface area contributed by atoms with E-state index in [9.17, 15) is 4.79 Å². The lowest BCUT2D eigenvalue weighted by molar-refractivity contribution is 0.0831. The Kier molecular flexibility index (Phi) is 6.66. The zero-order valence-corrected chi connectivity index (χ0v) is 16.1. The van der Waals surface area contributed by atoms with E-state index in [1.807, 2.05) is 48.5 Å². The molecule has 4 nitrogen and oxygen atoms in total. The van der Waals surface area contributed by atoms with Gasteiger partial charge in [-0.2, -0.15) is 0 Å². The van der Waals surface area contributed by atoms with Crippen LogP contribution in [0.25, 0.3) is 6.08 Å². The number of ketones is 1. The molecular formula is C23H27NO3. The first-order valence-corrected chi connectivity index (χ1v) is 9.41. The van der Waals surface area contributed by atoms with Crippen LogP contribution in [0, 0.1) is 5.92 Å². The molecule has 3 rings (SSSR count). The van der Waals surface area contributed by atoms with Gasteiger partial charge in [0.1, 0.15) is 11.5 Å². The van der Waals surface area contributed by atoms with Gasteiger partial charge in [0.15, 0.2) is 5.78 Å². The van der Waals surface area contributed by atoms with Gasteiger partial charge in [-0.3, -0.25) is 9.69 Å². The summed E-state index contributed by atoms with van der Waals surface area (Å²) in [5, 5.41) is 0. The summed E-state index contributed by atoms with van der Waals surface area (Å²) >= 11 is 0. The number of carbonyl (C=O) groups excluding carboxylic acids is 1. The van der Waals surface area contributed by atoms with E-state index in [0.29, 0.717) is 0 Å². The highest BCUT2D eigenvalue weighted by Crippen LogP contribution is 2.23. The zero-order valence-electron chi connectivity index (χ0n) is 16.1. The number of piperidine rings is 1. The summed E-state index contributed by atoms with van der Waals surface area (Å²) in [4.78, 5) is 15.2. The number of para-hydroxylation sites is 1. The Bertz CT molecular complexity index is 800. The minimum absolute atomic E-state index is 0.0468. The van der Waals surface area contributed by atoms with Gasteiger partial charge in [-0.25, -0.2) is 0 Å². The summed E-state index contributed by atoms with van der Waals surface area (Å²) in [6.07, 6.45) is 6.23. The molecule has 1 aliphatic heterocycles. The number of benzene rings is 2. The van der Waals surface area contributed by atoms with Crippen molar-refractivity contribution in [3.63, 3.8) is 0 Å². The van der Waals surface area contributed by atoms with Crippen molar-refractivity contribution >= 4 is 11.9 Å². The highest BCUT2D eigenvalue weighted by molar-refractivity contribution is 5.98. The number of likely N-dealkylation sites (tertiary alicyclic amines) is 1. The van der Waals surface area contributed by atoms with Crippen LogP contribution in [-0.2, 0) is 0 Å². The maximum absolute atomic E-state index is 12.9. The zero-order chi connectivity index (χ0) is 19.1. The molecular weight excluding hydrogens is 338 g/mol. The number of ether oxygens (including phenoxy) is 2. The Labute approximate surface area is 161 Å². The highest BCUT2D eigenvalue weighted by Gasteiger charge is 2.26. The third kappa shape index (κ3) is 4.98. The Morgan fingerprint density at radius 2 is 2.00 bits per heavy atom. The largest absolute Gasteiger partial charge is 0.497 e. The quantitative estimate of drug-likeness (QED) is 0.685. The summed E-state index contributed by atoms with van der Waals surface area (Å²) in [7, 11) is 3.31. The van der Waals surface area contributed by atoms with Crippen molar-refractivity contribution in [3.8, 4) is 11.5 Å². The third-order valence-electron chi connectivity index (χ3n) is 5.03. The standard InChI is InChI=1S/C23H27NO3/c1-26-21-12-5-9-19(16-21)23(25)20-11-7-15-24(17-20)14-6-10-18-8-3-4-13-22(18)27-2/h3-6,8-10,12-13,16,20H,7,11,14-15,17H2,1-2H3/b10-6+/t20-/m1/s1. The topological polar surface area (TPSA) is 38.8 Å². The fourth-order valence-electron chi connectivity index (χ4n) is 3.58. The number of Topliss-reactive ketones (excluding diaryl/α,β-unsaturated/α-hetero) is 1. The van der Waals surface area contributed by atoms with E-state index in [-0.39, 0.29) is 11.7 Å². The second-order valence-electron chi connectivity index (χ2n) is 6.84. The van der Waals surface area contributed by atoms with E-state index >= 15 is 0 Å². The van der Waals surface area contributed by atoms with Crippen molar-refractivity contribution in [1.82, 2.24) is 4.90 Å². The van der Waals surface area contributed by atoms with Gasteiger partial charge >= 0.3 is 0 Å². The summed E-state index contributed by atoms with van der Waals surface area (Å²) < 4.78 is 10.6. The summed E-state index contributed by atoms with van der Waals surface area (Å²) in [6.45, 7) is 2.66. The minimum Gasteiger partial charge on any atom is -0.497 e. The summed E-state index contributed by atoms with van der Waals surface area (Å²) in [5.74, 6) is 1.87. The average molecular weight is 365 g/mol. The number of carbonyl (C=O) groups is 1. The first kappa shape index (κ1) is 19.2. The molecule has 0 spiro atoms. The smallest absolute Gasteiger partial charge is 0.167 e. The van der Waals surface area contributed by atoms with Crippen LogP contribution in [0.5, 0.6) is 11.5 Å². The fourth-order valence-corrected chi connectivity index (χ4v) is 3.58. The molecule has 2 aromatic rings. The number of hydrogen-bond donors (Lipinski definition) is 0. The van der Waals surface area contributed by atoms with Crippen LogP contribution in [0.2, 0.25) is 0 Å². The lowest BCUT2D eigenvalue weighted by atomic mass is 9.90. The highest BCUT2D eigenvalue weighted by atomic mass is 16.5. The van der Waals surface area contributed by atoms with Gasteiger partial charge in [0.2, 0.25) is 0 Å². The van der Waals surface area contributed by atoms with E-state index in [2.05, 4.69) is 17.1 Å². The maximum atomic E-state index is 12.9. The SMILES string of the molecule is COc1cccc(C(=O)[C@@H]2CCCN(C/C=C/c3ccccc3OC)C2)c1. The summed E-state index contributed by atoms with van der Waals surface area (Å²) in [6, 6.07) is 15.4. The molecule has 1 atom stereocenters. The van der Waals surface area contributed by atoms with Crippen molar-refractivity contribution in [1.29, 1.82) is 0 Å². The first-order chi connectivity index (χ1) is 13.2. The van der Waals surface area contributed by atoms with Crippen molar-refractivity contribution in [2.75, 3.05) is 33.9 Å². The van der Waals surface area contributed by atoms with Crippen LogP contribution < -0.4 is 9.47 Å². The lowest BCUT2D eigenvalue weighted by Crippen LogP contribution is -2.38. The van der Waals surface area contributed by atoms with Crippen LogP contribution in [-0.4, -0.2) is 44.5 Å². The predicted molar refractivity (Wildman–Crippen MR) is 109 cm³/mol. The van der Waals surface area contributed by atoms with Gasteiger partial charge in [0.05, 0.1) is 14.2 Å². The van der Waals surface area contributed by atoms with Gasteiger partial charge < -0.3 is 9.47 Å². The predicted octanol–water partition coefficient (Wildman–Crippen LogP) is 4.31. The molecule has 142 valence electrons. The molecule has 0 radical (unpaired) electrons. The normalized spacial score (nSPS) is 17.8. The molecule has 0 unspecified atom stereocenters. The molecule has 1 aliphatic rings. The third-order valence-corrected chi connectivity index (χ3v) is 5.03. The van der Waals surface area contributed by atoms with Crippen molar-refractivity contribution in [2.45, 2.75) is 12.8 Å². The van der Waals surface area contributed by atoms with E-state index in [0.717, 1.165) is 55.1 Å². The van der Waals surface area contributed by atoms with Crippen molar-refractivity contribution < 1.29 is 14.3 Å². The van der Waals surface area contributed by atoms with Crippen LogP contribution >= 0.6 is 0 Å². The van der Waals surface area contributed by atoms with Gasteiger partial charge in [0.25, 0.3) is 0 Å². The Balaban J connectivity index is 1.60. The molecule has 0 N–H and O–H groups in total. The van der Waals surface area contributed by atoms with E-state index in [4.69, 9.17) is 9.47 Å². The molecule has 0 aliphatic carbocycles. The second-order valence-corrected chi connectivity index (χ2v) is 6.84. The molecule has 1 heterocycles. The molecule has 0 aromatic heterocycles. The van der Waals surface area contributed by atoms with Gasteiger partial charge in [-0.05, 0) is 37.6 Å². The second kappa shape index (κ2) is 9.38. The van der Waals surface area contributed by atoms with Crippen LogP contribution in [0.3, 0.4) is 0 Å². The Hall–Kier alpha value is -2.59. The average Bonchev–Trinajstić information content (AvgIpc) is 2.74. The molecule has 0 amide bonds. The van der Waals surface area contributed by atoms with Gasteiger partial charge in [-0.15, -0.1) is 0 Å². The van der Waals surface area contributed by atoms with Crippen LogP contribution in [0.15, 0.2) is 54.6 Å². The number of rotatable bonds is 7.